The van der Waals surface area contributed by atoms with Gasteiger partial charge in [0.25, 0.3) is 0 Å². The van der Waals surface area contributed by atoms with E-state index in [1.165, 1.54) is 49.1 Å². The van der Waals surface area contributed by atoms with Gasteiger partial charge in [0.1, 0.15) is 0 Å². The first kappa shape index (κ1) is 14.7. The average molecular weight is 230 g/mol. The van der Waals surface area contributed by atoms with Crippen molar-refractivity contribution in [2.75, 3.05) is 26.2 Å². The van der Waals surface area contributed by atoms with E-state index in [4.69, 9.17) is 0 Å². The Morgan fingerprint density at radius 1 is 1.00 bits per heavy atom. The Morgan fingerprint density at radius 2 is 1.50 bits per heavy atom. The highest BCUT2D eigenvalue weighted by atomic mass is 28.3. The molecule has 0 aliphatic heterocycles. The predicted octanol–water partition coefficient (Wildman–Crippen LogP) is 1.40. The third-order valence-electron chi connectivity index (χ3n) is 3.01. The molecule has 0 bridgehead atoms. The van der Waals surface area contributed by atoms with Gasteiger partial charge in [-0.2, -0.15) is 0 Å². The van der Waals surface area contributed by atoms with Gasteiger partial charge in [-0.15, -0.1) is 0 Å². The summed E-state index contributed by atoms with van der Waals surface area (Å²) >= 11 is 1.24. The van der Waals surface area contributed by atoms with Gasteiger partial charge in [-0.05, 0) is 32.6 Å². The highest BCUT2D eigenvalue weighted by Crippen LogP contribution is 2.06. The van der Waals surface area contributed by atoms with Crippen molar-refractivity contribution in [3.63, 3.8) is 0 Å². The maximum atomic E-state index is 2.70. The molecule has 14 heavy (non-hydrogen) atoms. The zero-order chi connectivity index (χ0) is 11.2. The Bertz CT molecular complexity index is 144. The Hall–Kier alpha value is 0.669. The molecule has 0 heterocycles. The number of nitrogens with zero attached hydrogens (tertiary/aromatic N) is 2. The maximum absolute atomic E-state index is 2.70. The second kappa shape index (κ2) is 7.03. The predicted molar refractivity (Wildman–Crippen MR) is 71.0 cm³/mol. The van der Waals surface area contributed by atoms with Crippen LogP contribution >= 0.6 is 0 Å². The molecule has 0 saturated carbocycles. The lowest BCUT2D eigenvalue weighted by molar-refractivity contribution is 0.295. The van der Waals surface area contributed by atoms with Gasteiger partial charge in [0, 0.05) is 0 Å². The highest BCUT2D eigenvalue weighted by molar-refractivity contribution is 6.77. The molecular weight excluding hydrogens is 203 g/mol. The van der Waals surface area contributed by atoms with Crippen molar-refractivity contribution in [3.05, 3.63) is 0 Å². The SMILES string of the molecule is CCN(CC)CCC[N]([AlH2])[Si](C)(C)C. The molecule has 4 heteroatoms. The molecule has 84 valence electrons. The molecule has 0 N–H and O–H groups in total. The number of rotatable bonds is 7. The number of hydrogen-bond acceptors (Lipinski definition) is 2. The van der Waals surface area contributed by atoms with Gasteiger partial charge in [-0.1, -0.05) is 33.5 Å². The van der Waals surface area contributed by atoms with Gasteiger partial charge < -0.3 is 8.45 Å². The summed E-state index contributed by atoms with van der Waals surface area (Å²) in [5.41, 5.74) is 0. The van der Waals surface area contributed by atoms with Crippen LogP contribution in [0.15, 0.2) is 0 Å². The molecule has 0 aliphatic rings. The van der Waals surface area contributed by atoms with Crippen molar-refractivity contribution in [1.29, 1.82) is 0 Å². The van der Waals surface area contributed by atoms with E-state index in [0.29, 0.717) is 0 Å². The third kappa shape index (κ3) is 6.21. The molecule has 0 saturated heterocycles. The van der Waals surface area contributed by atoms with Gasteiger partial charge in [0.2, 0.25) is 0 Å². The number of hydrogen-bond donors (Lipinski definition) is 0. The molecule has 0 aromatic heterocycles. The summed E-state index contributed by atoms with van der Waals surface area (Å²) in [5, 5.41) is 0. The smallest absolute Gasteiger partial charge is 0.314 e. The lowest BCUT2D eigenvalue weighted by Gasteiger charge is -2.32. The molecule has 0 aromatic rings. The van der Waals surface area contributed by atoms with Gasteiger partial charge in [-0.3, -0.25) is 0 Å². The summed E-state index contributed by atoms with van der Waals surface area (Å²) in [7, 11) is -0.976. The Kier molecular flexibility index (Phi) is 7.36. The van der Waals surface area contributed by atoms with Crippen molar-refractivity contribution in [3.8, 4) is 0 Å². The van der Waals surface area contributed by atoms with Crippen LogP contribution in [0.1, 0.15) is 20.3 Å². The van der Waals surface area contributed by atoms with Crippen LogP contribution in [0.2, 0.25) is 19.6 Å². The van der Waals surface area contributed by atoms with Crippen molar-refractivity contribution in [2.45, 2.75) is 39.9 Å². The van der Waals surface area contributed by atoms with E-state index in [-0.39, 0.29) is 0 Å². The van der Waals surface area contributed by atoms with Gasteiger partial charge in [0.15, 0.2) is 0 Å². The quantitative estimate of drug-likeness (QED) is 0.610. The van der Waals surface area contributed by atoms with Crippen molar-refractivity contribution in [1.82, 2.24) is 8.45 Å². The topological polar surface area (TPSA) is 6.48 Å². The van der Waals surface area contributed by atoms with Crippen LogP contribution in [0.5, 0.6) is 0 Å². The van der Waals surface area contributed by atoms with Crippen molar-refractivity contribution >= 4 is 24.7 Å². The maximum Gasteiger partial charge on any atom is 0.314 e. The molecule has 0 fully saturated rings. The van der Waals surface area contributed by atoms with E-state index < -0.39 is 8.24 Å². The highest BCUT2D eigenvalue weighted by Gasteiger charge is 2.17. The summed E-state index contributed by atoms with van der Waals surface area (Å²) < 4.78 is 2.70. The zero-order valence-corrected chi connectivity index (χ0v) is 13.9. The lowest BCUT2D eigenvalue weighted by atomic mass is 10.4. The fraction of sp³-hybridized carbons (Fsp3) is 1.00. The monoisotopic (exact) mass is 230 g/mol. The van der Waals surface area contributed by atoms with Crippen molar-refractivity contribution < 1.29 is 0 Å². The molecule has 0 atom stereocenters. The first-order valence-corrected chi connectivity index (χ1v) is 10.2. The van der Waals surface area contributed by atoms with E-state index in [9.17, 15) is 0 Å². The van der Waals surface area contributed by atoms with Crippen LogP contribution in [0, 0.1) is 0 Å². The standard InChI is InChI=1S/C10H25N2Si.Al.2H/c1-6-12(7-2)10-8-9-11-13(3,4)5;;;/h6-10H2,1-5H3;;;/q-1;+1;;. The van der Waals surface area contributed by atoms with E-state index in [0.717, 1.165) is 0 Å². The average Bonchev–Trinajstić information content (AvgIpc) is 2.10. The largest absolute Gasteiger partial charge is 0.414 e. The molecule has 0 unspecified atom stereocenters. The molecule has 0 spiro atoms. The van der Waals surface area contributed by atoms with Gasteiger partial charge >= 0.3 is 16.5 Å². The second-order valence-electron chi connectivity index (χ2n) is 4.97. The zero-order valence-electron chi connectivity index (χ0n) is 10.9. The molecule has 0 rings (SSSR count). The minimum atomic E-state index is -0.976. The van der Waals surface area contributed by atoms with Crippen LogP contribution in [-0.2, 0) is 0 Å². The third-order valence-corrected chi connectivity index (χ3v) is 9.99. The summed E-state index contributed by atoms with van der Waals surface area (Å²) in [6.45, 7) is 16.8. The molecule has 0 radical (unpaired) electrons. The summed E-state index contributed by atoms with van der Waals surface area (Å²) in [6.07, 6.45) is 1.34. The first-order chi connectivity index (χ1) is 6.41. The van der Waals surface area contributed by atoms with E-state index in [1.54, 1.807) is 0 Å². The Balaban J connectivity index is 3.63. The summed E-state index contributed by atoms with van der Waals surface area (Å²) in [6, 6.07) is 0. The fourth-order valence-electron chi connectivity index (χ4n) is 1.41. The molecule has 2 nitrogen and oxygen atoms in total. The molecule has 0 amide bonds. The normalized spacial score (nSPS) is 12.8. The van der Waals surface area contributed by atoms with Crippen LogP contribution in [0.3, 0.4) is 0 Å². The van der Waals surface area contributed by atoms with Gasteiger partial charge in [0.05, 0.1) is 8.24 Å². The van der Waals surface area contributed by atoms with Crippen LogP contribution < -0.4 is 0 Å². The van der Waals surface area contributed by atoms with Gasteiger partial charge in [-0.25, -0.2) is 0 Å². The molecule has 0 aromatic carbocycles. The summed E-state index contributed by atoms with van der Waals surface area (Å²) in [5.74, 6) is 0. The Labute approximate surface area is 99.4 Å². The van der Waals surface area contributed by atoms with Crippen LogP contribution in [-0.4, -0.2) is 59.4 Å². The molecule has 0 aliphatic carbocycles. The van der Waals surface area contributed by atoms with Crippen LogP contribution in [0.25, 0.3) is 0 Å². The minimum absolute atomic E-state index is 0.976. The Morgan fingerprint density at radius 3 is 1.86 bits per heavy atom. The molecular formula is C10H27AlN2Si. The second-order valence-corrected chi connectivity index (χ2v) is 12.1. The first-order valence-electron chi connectivity index (χ1n) is 5.85. The lowest BCUT2D eigenvalue weighted by Crippen LogP contribution is -2.45. The van der Waals surface area contributed by atoms with E-state index in [1.807, 2.05) is 0 Å². The van der Waals surface area contributed by atoms with Crippen LogP contribution in [0.4, 0.5) is 0 Å². The minimum Gasteiger partial charge on any atom is -0.414 e. The van der Waals surface area contributed by atoms with Crippen molar-refractivity contribution in [2.24, 2.45) is 0 Å². The fourth-order valence-corrected chi connectivity index (χ4v) is 2.55. The van der Waals surface area contributed by atoms with E-state index in [2.05, 4.69) is 41.9 Å². The summed E-state index contributed by atoms with van der Waals surface area (Å²) in [4.78, 5) is 2.51. The van der Waals surface area contributed by atoms with E-state index >= 15 is 0 Å².